The molecule has 0 saturated carbocycles. The molecule has 0 atom stereocenters. The van der Waals surface area contributed by atoms with Gasteiger partial charge in [-0.05, 0) is 36.4 Å². The molecule has 10 heteroatoms. The monoisotopic (exact) mass is 385 g/mol. The third-order valence-electron chi connectivity index (χ3n) is 3.08. The number of thioether (sulfide) groups is 1. The van der Waals surface area contributed by atoms with E-state index in [-0.39, 0.29) is 20.6 Å². The molecule has 0 aliphatic carbocycles. The number of amidine groups is 1. The fourth-order valence-corrected chi connectivity index (χ4v) is 4.70. The van der Waals surface area contributed by atoms with Crippen LogP contribution in [0.15, 0.2) is 50.6 Å². The van der Waals surface area contributed by atoms with Crippen molar-refractivity contribution in [2.45, 2.75) is 9.79 Å². The Kier molecular flexibility index (Phi) is 4.24. The lowest BCUT2D eigenvalue weighted by Crippen LogP contribution is -2.18. The number of hydrogen-bond donors (Lipinski definition) is 2. The van der Waals surface area contributed by atoms with Crippen molar-refractivity contribution in [3.05, 3.63) is 52.8 Å². The molecule has 0 bridgehead atoms. The summed E-state index contributed by atoms with van der Waals surface area (Å²) in [6.45, 7) is 0. The van der Waals surface area contributed by atoms with Gasteiger partial charge in [0, 0.05) is 10.6 Å². The topological polar surface area (TPSA) is 102 Å². The predicted molar refractivity (Wildman–Crippen MR) is 90.5 cm³/mol. The van der Waals surface area contributed by atoms with Crippen molar-refractivity contribution < 1.29 is 17.6 Å². The Labute approximate surface area is 146 Å². The molecule has 3 N–H and O–H groups in total. The van der Waals surface area contributed by atoms with Gasteiger partial charge in [0.2, 0.25) is 0 Å². The molecule has 3 rings (SSSR count). The van der Waals surface area contributed by atoms with Crippen LogP contribution in [-0.4, -0.2) is 19.5 Å². The van der Waals surface area contributed by atoms with Gasteiger partial charge in [-0.3, -0.25) is 4.79 Å². The summed E-state index contributed by atoms with van der Waals surface area (Å²) in [6.07, 6.45) is 0. The number of carbonyl (C=O) groups is 1. The number of fused-ring (bicyclic) bond motifs is 1. The largest absolute Gasteiger partial charge is 0.377 e. The van der Waals surface area contributed by atoms with Crippen LogP contribution in [0.2, 0.25) is 5.02 Å². The van der Waals surface area contributed by atoms with Crippen molar-refractivity contribution >= 4 is 50.1 Å². The number of halogens is 2. The molecule has 0 aromatic heterocycles. The number of sulfonamides is 1. The van der Waals surface area contributed by atoms with E-state index in [0.717, 1.165) is 17.8 Å². The van der Waals surface area contributed by atoms with Gasteiger partial charge < -0.3 is 11.1 Å². The molecule has 24 heavy (non-hydrogen) atoms. The zero-order valence-electron chi connectivity index (χ0n) is 11.8. The van der Waals surface area contributed by atoms with Gasteiger partial charge in [-0.2, -0.15) is 8.42 Å². The number of anilines is 1. The smallest absolute Gasteiger partial charge is 0.285 e. The average molecular weight is 386 g/mol. The summed E-state index contributed by atoms with van der Waals surface area (Å²) in [4.78, 5) is 12.5. The van der Waals surface area contributed by atoms with Crippen molar-refractivity contribution in [2.75, 3.05) is 5.32 Å². The van der Waals surface area contributed by atoms with E-state index in [1.807, 2.05) is 0 Å². The Morgan fingerprint density at radius 1 is 1.25 bits per heavy atom. The van der Waals surface area contributed by atoms with E-state index in [9.17, 15) is 17.6 Å². The van der Waals surface area contributed by atoms with Crippen molar-refractivity contribution in [3.8, 4) is 0 Å². The van der Waals surface area contributed by atoms with Gasteiger partial charge in [-0.1, -0.05) is 23.4 Å². The Hall–Kier alpha value is -2.10. The molecule has 0 spiro atoms. The second-order valence-electron chi connectivity index (χ2n) is 4.75. The molecule has 2 aromatic rings. The lowest BCUT2D eigenvalue weighted by Gasteiger charge is -2.15. The van der Waals surface area contributed by atoms with Gasteiger partial charge in [0.25, 0.3) is 15.9 Å². The molecule has 1 amide bonds. The van der Waals surface area contributed by atoms with Crippen LogP contribution in [0.25, 0.3) is 0 Å². The van der Waals surface area contributed by atoms with Crippen LogP contribution in [-0.2, 0) is 10.0 Å². The highest BCUT2D eigenvalue weighted by molar-refractivity contribution is 8.15. The molecule has 1 aliphatic rings. The van der Waals surface area contributed by atoms with E-state index in [0.29, 0.717) is 10.6 Å². The molecule has 124 valence electrons. The number of carbonyl (C=O) groups excluding carboxylic acids is 1. The maximum atomic E-state index is 12.9. The van der Waals surface area contributed by atoms with Gasteiger partial charge >= 0.3 is 0 Å². The Balaban J connectivity index is 1.98. The standard InChI is InChI=1S/C14H9ClFN3O3S2/c15-10-6-11-12(24(21,22)19-14(17)23-11)5-9(10)13(20)18-8-3-1-7(16)2-4-8/h1-6H,(H2,17,19)(H,18,20). The maximum absolute atomic E-state index is 12.9. The molecule has 0 unspecified atom stereocenters. The first-order valence-corrected chi connectivity index (χ1v) is 9.08. The first kappa shape index (κ1) is 16.7. The summed E-state index contributed by atoms with van der Waals surface area (Å²) in [7, 11) is -3.99. The van der Waals surface area contributed by atoms with Crippen molar-refractivity contribution in [3.63, 3.8) is 0 Å². The minimum Gasteiger partial charge on any atom is -0.377 e. The molecule has 0 radical (unpaired) electrons. The second kappa shape index (κ2) is 6.08. The minimum absolute atomic E-state index is 0.0420. The number of hydrogen-bond acceptors (Lipinski definition) is 5. The quantitative estimate of drug-likeness (QED) is 0.827. The fourth-order valence-electron chi connectivity index (χ4n) is 2.02. The Morgan fingerprint density at radius 2 is 1.92 bits per heavy atom. The number of amides is 1. The summed E-state index contributed by atoms with van der Waals surface area (Å²) >= 11 is 7.02. The summed E-state index contributed by atoms with van der Waals surface area (Å²) in [5.41, 5.74) is 5.77. The second-order valence-corrected chi connectivity index (χ2v) is 7.79. The maximum Gasteiger partial charge on any atom is 0.285 e. The van der Waals surface area contributed by atoms with Gasteiger partial charge in [0.05, 0.1) is 10.6 Å². The highest BCUT2D eigenvalue weighted by atomic mass is 35.5. The molecule has 2 aromatic carbocycles. The summed E-state index contributed by atoms with van der Waals surface area (Å²) < 4.78 is 40.4. The number of nitrogens with two attached hydrogens (primary N) is 1. The Morgan fingerprint density at radius 3 is 2.58 bits per heavy atom. The zero-order valence-corrected chi connectivity index (χ0v) is 14.2. The first-order chi connectivity index (χ1) is 11.3. The highest BCUT2D eigenvalue weighted by Gasteiger charge is 2.27. The fraction of sp³-hybridized carbons (Fsp3) is 0. The van der Waals surface area contributed by atoms with E-state index in [1.54, 1.807) is 0 Å². The van der Waals surface area contributed by atoms with E-state index < -0.39 is 21.7 Å². The summed E-state index contributed by atoms with van der Waals surface area (Å²) in [6, 6.07) is 7.61. The number of nitrogens with zero attached hydrogens (tertiary/aromatic N) is 1. The normalized spacial score (nSPS) is 15.3. The van der Waals surface area contributed by atoms with Crippen molar-refractivity contribution in [1.82, 2.24) is 0 Å². The highest BCUT2D eigenvalue weighted by Crippen LogP contribution is 2.36. The zero-order chi connectivity index (χ0) is 17.5. The third-order valence-corrected chi connectivity index (χ3v) is 5.83. The number of nitrogens with one attached hydrogen (secondary N) is 1. The summed E-state index contributed by atoms with van der Waals surface area (Å²) in [5.74, 6) is -1.07. The minimum atomic E-state index is -3.99. The van der Waals surface area contributed by atoms with E-state index in [4.69, 9.17) is 17.3 Å². The SMILES string of the molecule is NC1=NS(=O)(=O)c2cc(C(=O)Nc3ccc(F)cc3)c(Cl)cc2S1. The molecular weight excluding hydrogens is 377 g/mol. The van der Waals surface area contributed by atoms with Gasteiger partial charge in [-0.15, -0.1) is 4.40 Å². The molecule has 6 nitrogen and oxygen atoms in total. The van der Waals surface area contributed by atoms with Crippen LogP contribution in [0.3, 0.4) is 0 Å². The number of rotatable bonds is 2. The third kappa shape index (κ3) is 3.23. The lowest BCUT2D eigenvalue weighted by atomic mass is 10.2. The van der Waals surface area contributed by atoms with Crippen LogP contribution in [0.1, 0.15) is 10.4 Å². The van der Waals surface area contributed by atoms with E-state index in [2.05, 4.69) is 9.71 Å². The van der Waals surface area contributed by atoms with Gasteiger partial charge in [0.15, 0.2) is 5.17 Å². The number of benzene rings is 2. The molecule has 0 saturated heterocycles. The van der Waals surface area contributed by atoms with Crippen molar-refractivity contribution in [1.29, 1.82) is 0 Å². The first-order valence-electron chi connectivity index (χ1n) is 6.45. The van der Waals surface area contributed by atoms with Crippen LogP contribution in [0, 0.1) is 5.82 Å². The van der Waals surface area contributed by atoms with Crippen LogP contribution >= 0.6 is 23.4 Å². The lowest BCUT2D eigenvalue weighted by molar-refractivity contribution is 0.102. The molecule has 0 fully saturated rings. The van der Waals surface area contributed by atoms with Crippen LogP contribution in [0.5, 0.6) is 0 Å². The predicted octanol–water partition coefficient (Wildman–Crippen LogP) is 2.84. The van der Waals surface area contributed by atoms with E-state index >= 15 is 0 Å². The van der Waals surface area contributed by atoms with Crippen LogP contribution in [0.4, 0.5) is 10.1 Å². The molecule has 1 heterocycles. The van der Waals surface area contributed by atoms with Gasteiger partial charge in [0.1, 0.15) is 10.7 Å². The molecule has 1 aliphatic heterocycles. The summed E-state index contributed by atoms with van der Waals surface area (Å²) in [5, 5.41) is 2.45. The average Bonchev–Trinajstić information content (AvgIpc) is 2.47. The Bertz CT molecular complexity index is 976. The van der Waals surface area contributed by atoms with E-state index in [1.165, 1.54) is 30.3 Å². The molecular formula is C14H9ClFN3O3S2. The van der Waals surface area contributed by atoms with Crippen molar-refractivity contribution in [2.24, 2.45) is 10.1 Å². The van der Waals surface area contributed by atoms with Crippen LogP contribution < -0.4 is 11.1 Å². The van der Waals surface area contributed by atoms with Gasteiger partial charge in [-0.25, -0.2) is 4.39 Å².